The highest BCUT2D eigenvalue weighted by Crippen LogP contribution is 2.30. The largest absolute Gasteiger partial charge is 0.339 e. The first-order valence-corrected chi connectivity index (χ1v) is 12.7. The third-order valence-corrected chi connectivity index (χ3v) is 8.51. The van der Waals surface area contributed by atoms with Crippen LogP contribution >= 0.6 is 11.6 Å². The van der Waals surface area contributed by atoms with Crippen LogP contribution in [0.1, 0.15) is 36.0 Å². The molecule has 2 fully saturated rings. The number of carbonyl (C=O) groups is 2. The molecule has 10 heteroatoms. The smallest absolute Gasteiger partial charge is 0.253 e. The van der Waals surface area contributed by atoms with Gasteiger partial charge in [0.2, 0.25) is 15.9 Å². The van der Waals surface area contributed by atoms with Gasteiger partial charge in [0.15, 0.2) is 0 Å². The fourth-order valence-corrected chi connectivity index (χ4v) is 6.23. The summed E-state index contributed by atoms with van der Waals surface area (Å²) in [5.41, 5.74) is 0.777. The maximum absolute atomic E-state index is 13.1. The Morgan fingerprint density at radius 2 is 1.61 bits per heavy atom. The quantitative estimate of drug-likeness (QED) is 0.687. The topological polar surface area (TPSA) is 86.8 Å². The second-order valence-electron chi connectivity index (χ2n) is 8.32. The van der Waals surface area contributed by atoms with Crippen LogP contribution in [0, 0.1) is 11.7 Å². The second kappa shape index (κ2) is 9.79. The molecule has 2 aliphatic heterocycles. The summed E-state index contributed by atoms with van der Waals surface area (Å²) in [6.45, 7) is 1.74. The molecule has 0 aromatic heterocycles. The SMILES string of the molecule is O=C(Nc1ccc(Cl)c(S(=O)(=O)N2CCCC2)c1)C1CCN(C(=O)c2ccc(F)cc2)CC1. The second-order valence-corrected chi connectivity index (χ2v) is 10.6. The van der Waals surface area contributed by atoms with E-state index in [4.69, 9.17) is 11.6 Å². The lowest BCUT2D eigenvalue weighted by molar-refractivity contribution is -0.121. The maximum Gasteiger partial charge on any atom is 0.253 e. The third kappa shape index (κ3) is 5.20. The molecule has 0 radical (unpaired) electrons. The highest BCUT2D eigenvalue weighted by Gasteiger charge is 2.31. The molecule has 2 aromatic rings. The van der Waals surface area contributed by atoms with Crippen molar-refractivity contribution in [2.75, 3.05) is 31.5 Å². The van der Waals surface area contributed by atoms with E-state index < -0.39 is 15.8 Å². The molecule has 0 bridgehead atoms. The number of anilines is 1. The first kappa shape index (κ1) is 23.7. The Hall–Kier alpha value is -2.49. The van der Waals surface area contributed by atoms with Crippen molar-refractivity contribution in [1.29, 1.82) is 0 Å². The summed E-state index contributed by atoms with van der Waals surface area (Å²) >= 11 is 6.17. The van der Waals surface area contributed by atoms with Crippen molar-refractivity contribution in [2.24, 2.45) is 5.92 Å². The Balaban J connectivity index is 1.38. The predicted octanol–water partition coefficient (Wildman–Crippen LogP) is 3.75. The van der Waals surface area contributed by atoms with Crippen LogP contribution in [0.2, 0.25) is 5.02 Å². The van der Waals surface area contributed by atoms with Gasteiger partial charge in [-0.15, -0.1) is 0 Å². The minimum Gasteiger partial charge on any atom is -0.339 e. The van der Waals surface area contributed by atoms with Crippen molar-refractivity contribution in [3.8, 4) is 0 Å². The van der Waals surface area contributed by atoms with Crippen molar-refractivity contribution >= 4 is 39.1 Å². The molecular formula is C23H25ClFN3O4S. The minimum atomic E-state index is -3.72. The molecule has 0 unspecified atom stereocenters. The number of rotatable bonds is 5. The summed E-state index contributed by atoms with van der Waals surface area (Å²) < 4.78 is 40.3. The van der Waals surface area contributed by atoms with Crippen LogP contribution in [-0.2, 0) is 14.8 Å². The summed E-state index contributed by atoms with van der Waals surface area (Å²) in [5.74, 6) is -1.13. The number of hydrogen-bond acceptors (Lipinski definition) is 4. The first-order chi connectivity index (χ1) is 15.8. The molecule has 7 nitrogen and oxygen atoms in total. The molecule has 33 heavy (non-hydrogen) atoms. The van der Waals surface area contributed by atoms with Crippen LogP contribution in [0.4, 0.5) is 10.1 Å². The molecular weight excluding hydrogens is 469 g/mol. The lowest BCUT2D eigenvalue weighted by Gasteiger charge is -2.31. The van der Waals surface area contributed by atoms with Crippen molar-refractivity contribution < 1.29 is 22.4 Å². The molecule has 2 saturated heterocycles. The Morgan fingerprint density at radius 1 is 0.970 bits per heavy atom. The number of halogens is 2. The summed E-state index contributed by atoms with van der Waals surface area (Å²) in [6, 6.07) is 9.85. The van der Waals surface area contributed by atoms with Crippen molar-refractivity contribution in [2.45, 2.75) is 30.6 Å². The molecule has 2 heterocycles. The van der Waals surface area contributed by atoms with Gasteiger partial charge in [0.25, 0.3) is 5.91 Å². The van der Waals surface area contributed by atoms with Crippen LogP contribution < -0.4 is 5.32 Å². The van der Waals surface area contributed by atoms with Crippen LogP contribution in [0.5, 0.6) is 0 Å². The molecule has 2 aromatic carbocycles. The lowest BCUT2D eigenvalue weighted by Crippen LogP contribution is -2.41. The number of nitrogens with one attached hydrogen (secondary N) is 1. The summed E-state index contributed by atoms with van der Waals surface area (Å²) in [7, 11) is -3.72. The molecule has 1 N–H and O–H groups in total. The van der Waals surface area contributed by atoms with Crippen molar-refractivity contribution in [3.63, 3.8) is 0 Å². The zero-order valence-corrected chi connectivity index (χ0v) is 19.5. The number of carbonyl (C=O) groups excluding carboxylic acids is 2. The van der Waals surface area contributed by atoms with Crippen LogP contribution in [0.25, 0.3) is 0 Å². The minimum absolute atomic E-state index is 0.0106. The van der Waals surface area contributed by atoms with E-state index in [1.165, 1.54) is 40.7 Å². The zero-order chi connectivity index (χ0) is 23.6. The van der Waals surface area contributed by atoms with Gasteiger partial charge in [-0.2, -0.15) is 4.31 Å². The van der Waals surface area contributed by atoms with Gasteiger partial charge in [-0.25, -0.2) is 12.8 Å². The highest BCUT2D eigenvalue weighted by molar-refractivity contribution is 7.89. The fraction of sp³-hybridized carbons (Fsp3) is 0.391. The Bertz CT molecular complexity index is 1140. The summed E-state index contributed by atoms with van der Waals surface area (Å²) in [6.07, 6.45) is 2.59. The van der Waals surface area contributed by atoms with E-state index in [2.05, 4.69) is 5.32 Å². The Kier molecular flexibility index (Phi) is 7.02. The molecule has 176 valence electrons. The van der Waals surface area contributed by atoms with Crippen molar-refractivity contribution in [3.05, 3.63) is 58.9 Å². The van der Waals surface area contributed by atoms with Crippen LogP contribution in [0.3, 0.4) is 0 Å². The summed E-state index contributed by atoms with van der Waals surface area (Å²) in [5, 5.41) is 2.92. The van der Waals surface area contributed by atoms with Gasteiger partial charge in [0.1, 0.15) is 10.7 Å². The van der Waals surface area contributed by atoms with Gasteiger partial charge < -0.3 is 10.2 Å². The number of hydrogen-bond donors (Lipinski definition) is 1. The zero-order valence-electron chi connectivity index (χ0n) is 18.0. The highest BCUT2D eigenvalue weighted by atomic mass is 35.5. The van der Waals surface area contributed by atoms with Gasteiger partial charge in [0.05, 0.1) is 5.02 Å². The van der Waals surface area contributed by atoms with Gasteiger partial charge >= 0.3 is 0 Å². The van der Waals surface area contributed by atoms with E-state index >= 15 is 0 Å². The van der Waals surface area contributed by atoms with E-state index in [9.17, 15) is 22.4 Å². The van der Waals surface area contributed by atoms with E-state index in [0.29, 0.717) is 50.3 Å². The van der Waals surface area contributed by atoms with Gasteiger partial charge in [0, 0.05) is 43.3 Å². The number of nitrogens with zero attached hydrogens (tertiary/aromatic N) is 2. The Morgan fingerprint density at radius 3 is 2.24 bits per heavy atom. The van der Waals surface area contributed by atoms with Crippen LogP contribution in [-0.4, -0.2) is 55.6 Å². The molecule has 0 saturated carbocycles. The standard InChI is InChI=1S/C23H25ClFN3O4S/c24-20-8-7-19(15-21(20)33(31,32)28-11-1-2-12-28)26-22(29)16-9-13-27(14-10-16)23(30)17-3-5-18(25)6-4-17/h3-8,15-16H,1-2,9-14H2,(H,26,29). The first-order valence-electron chi connectivity index (χ1n) is 10.9. The average molecular weight is 494 g/mol. The van der Waals surface area contributed by atoms with E-state index in [-0.39, 0.29) is 27.7 Å². The molecule has 2 amide bonds. The molecule has 0 spiro atoms. The van der Waals surface area contributed by atoms with E-state index in [1.807, 2.05) is 0 Å². The van der Waals surface area contributed by atoms with Gasteiger partial charge in [-0.05, 0) is 68.1 Å². The van der Waals surface area contributed by atoms with E-state index in [1.54, 1.807) is 11.0 Å². The molecule has 2 aliphatic rings. The summed E-state index contributed by atoms with van der Waals surface area (Å²) in [4.78, 5) is 27.0. The third-order valence-electron chi connectivity index (χ3n) is 6.13. The Labute approximate surface area is 197 Å². The average Bonchev–Trinajstić information content (AvgIpc) is 3.36. The van der Waals surface area contributed by atoms with Gasteiger partial charge in [-0.1, -0.05) is 11.6 Å². The maximum atomic E-state index is 13.1. The molecule has 0 atom stereocenters. The fourth-order valence-electron chi connectivity index (χ4n) is 4.21. The van der Waals surface area contributed by atoms with Gasteiger partial charge in [-0.3, -0.25) is 9.59 Å². The van der Waals surface area contributed by atoms with Crippen molar-refractivity contribution in [1.82, 2.24) is 9.21 Å². The number of sulfonamides is 1. The van der Waals surface area contributed by atoms with E-state index in [0.717, 1.165) is 12.8 Å². The lowest BCUT2D eigenvalue weighted by atomic mass is 9.95. The number of likely N-dealkylation sites (tertiary alicyclic amines) is 1. The van der Waals surface area contributed by atoms with Crippen LogP contribution in [0.15, 0.2) is 47.4 Å². The number of benzene rings is 2. The number of amides is 2. The molecule has 0 aliphatic carbocycles. The monoisotopic (exact) mass is 493 g/mol. The normalized spacial score (nSPS) is 17.8. The number of piperidine rings is 1. The molecule has 4 rings (SSSR count). The predicted molar refractivity (Wildman–Crippen MR) is 123 cm³/mol.